The summed E-state index contributed by atoms with van der Waals surface area (Å²) in [6, 6.07) is 5.62. The minimum Gasteiger partial charge on any atom is -0.463 e. The molecule has 2 fully saturated rings. The van der Waals surface area contributed by atoms with E-state index >= 15 is 0 Å². The lowest BCUT2D eigenvalue weighted by molar-refractivity contribution is -0.145. The fraction of sp³-hybridized carbons (Fsp3) is 0.529. The van der Waals surface area contributed by atoms with Crippen molar-refractivity contribution in [3.8, 4) is 0 Å². The van der Waals surface area contributed by atoms with E-state index < -0.39 is 28.1 Å². The Kier molecular flexibility index (Phi) is 5.31. The Hall–Kier alpha value is -1.97. The molecule has 0 spiro atoms. The molecule has 2 aliphatic heterocycles. The van der Waals surface area contributed by atoms with Crippen molar-refractivity contribution in [2.45, 2.75) is 43.5 Å². The summed E-state index contributed by atoms with van der Waals surface area (Å²) >= 11 is 0. The highest BCUT2D eigenvalue weighted by Gasteiger charge is 2.33. The van der Waals surface area contributed by atoms with Crippen LogP contribution < -0.4 is 0 Å². The maximum absolute atomic E-state index is 12.9. The number of rotatable bonds is 4. The van der Waals surface area contributed by atoms with Gasteiger partial charge in [-0.15, -0.1) is 0 Å². The van der Waals surface area contributed by atoms with E-state index in [0.717, 1.165) is 0 Å². The number of hydrogen-bond acceptors (Lipinski definition) is 7. The second kappa shape index (κ2) is 7.34. The zero-order chi connectivity index (χ0) is 18.9. The highest BCUT2D eigenvalue weighted by Crippen LogP contribution is 2.22. The van der Waals surface area contributed by atoms with Gasteiger partial charge in [0.05, 0.1) is 29.3 Å². The maximum Gasteiger partial charge on any atom is 0.347 e. The zero-order valence-electron chi connectivity index (χ0n) is 14.6. The molecule has 8 nitrogen and oxygen atoms in total. The Balaban J connectivity index is 1.79. The first-order valence-electron chi connectivity index (χ1n) is 8.40. The Morgan fingerprint density at radius 1 is 1.23 bits per heavy atom. The summed E-state index contributed by atoms with van der Waals surface area (Å²) in [5.41, 5.74) is 0.0696. The number of carbonyl (C=O) groups excluding carboxylic acids is 2. The topological polar surface area (TPSA) is 99.2 Å². The molecule has 26 heavy (non-hydrogen) atoms. The number of esters is 2. The molecule has 0 unspecified atom stereocenters. The van der Waals surface area contributed by atoms with E-state index in [0.29, 0.717) is 6.42 Å². The second-order valence-corrected chi connectivity index (χ2v) is 8.40. The van der Waals surface area contributed by atoms with Gasteiger partial charge in [-0.1, -0.05) is 6.07 Å². The first-order valence-corrected chi connectivity index (χ1v) is 9.84. The minimum absolute atomic E-state index is 0.00208. The predicted octanol–water partition coefficient (Wildman–Crippen LogP) is 0.957. The van der Waals surface area contributed by atoms with Gasteiger partial charge in [-0.05, 0) is 32.0 Å². The molecule has 2 saturated heterocycles. The number of benzene rings is 1. The van der Waals surface area contributed by atoms with E-state index in [9.17, 15) is 18.0 Å². The van der Waals surface area contributed by atoms with E-state index in [-0.39, 0.29) is 42.4 Å². The van der Waals surface area contributed by atoms with Gasteiger partial charge in [-0.25, -0.2) is 18.0 Å². The molecule has 3 atom stereocenters. The molecule has 0 N–H and O–H groups in total. The van der Waals surface area contributed by atoms with Gasteiger partial charge in [0.1, 0.15) is 0 Å². The van der Waals surface area contributed by atoms with Crippen LogP contribution in [0.5, 0.6) is 0 Å². The third-order valence-electron chi connectivity index (χ3n) is 4.23. The van der Waals surface area contributed by atoms with Crippen LogP contribution in [0.4, 0.5) is 0 Å². The van der Waals surface area contributed by atoms with Crippen LogP contribution in [-0.4, -0.2) is 62.7 Å². The third kappa shape index (κ3) is 3.89. The van der Waals surface area contributed by atoms with Crippen LogP contribution in [0.3, 0.4) is 0 Å². The Morgan fingerprint density at radius 3 is 2.54 bits per heavy atom. The standard InChI is InChI=1S/C17H21NO7S/c1-11-9-18(10-12(2)24-11)26(21,22)14-5-3-4-13(8-14)16(19)25-15-6-7-23-17(15)20/h3-5,8,11-12,15H,6-7,9-10H2,1-2H3/t11-,12+,15-/m0/s1. The highest BCUT2D eigenvalue weighted by molar-refractivity contribution is 7.89. The van der Waals surface area contributed by atoms with Crippen molar-refractivity contribution in [2.75, 3.05) is 19.7 Å². The molecule has 2 aliphatic rings. The molecule has 0 saturated carbocycles. The molecule has 2 heterocycles. The number of nitrogens with zero attached hydrogens (tertiary/aromatic N) is 1. The van der Waals surface area contributed by atoms with E-state index in [4.69, 9.17) is 14.2 Å². The molecule has 0 aromatic heterocycles. The molecule has 0 bridgehead atoms. The van der Waals surface area contributed by atoms with Gasteiger partial charge >= 0.3 is 11.9 Å². The fourth-order valence-electron chi connectivity index (χ4n) is 3.04. The van der Waals surface area contributed by atoms with Gasteiger partial charge in [0, 0.05) is 19.5 Å². The molecule has 0 radical (unpaired) electrons. The fourth-order valence-corrected chi connectivity index (χ4v) is 4.68. The van der Waals surface area contributed by atoms with Crippen molar-refractivity contribution in [3.05, 3.63) is 29.8 Å². The lowest BCUT2D eigenvalue weighted by atomic mass is 10.2. The second-order valence-electron chi connectivity index (χ2n) is 6.46. The molecule has 3 rings (SSSR count). The van der Waals surface area contributed by atoms with E-state index in [1.165, 1.54) is 28.6 Å². The first-order chi connectivity index (χ1) is 12.3. The van der Waals surface area contributed by atoms with Crippen molar-refractivity contribution in [1.82, 2.24) is 4.31 Å². The van der Waals surface area contributed by atoms with Crippen molar-refractivity contribution >= 4 is 22.0 Å². The SMILES string of the molecule is C[C@@H]1CN(S(=O)(=O)c2cccc(C(=O)O[C@H]3CCOC3=O)c2)C[C@H](C)O1. The minimum atomic E-state index is -3.77. The molecule has 0 aliphatic carbocycles. The molecule has 0 amide bonds. The molecule has 142 valence electrons. The lowest BCUT2D eigenvalue weighted by Gasteiger charge is -2.34. The quantitative estimate of drug-likeness (QED) is 0.714. The van der Waals surface area contributed by atoms with Crippen molar-refractivity contribution in [3.63, 3.8) is 0 Å². The van der Waals surface area contributed by atoms with Crippen LogP contribution in [0, 0.1) is 0 Å². The first kappa shape index (κ1) is 18.8. The van der Waals surface area contributed by atoms with Gasteiger partial charge in [0.15, 0.2) is 0 Å². The van der Waals surface area contributed by atoms with Gasteiger partial charge in [0.25, 0.3) is 0 Å². The maximum atomic E-state index is 12.9. The third-order valence-corrected chi connectivity index (χ3v) is 6.06. The summed E-state index contributed by atoms with van der Waals surface area (Å²) < 4.78 is 42.6. The Labute approximate surface area is 152 Å². The number of sulfonamides is 1. The van der Waals surface area contributed by atoms with Crippen LogP contribution in [0.2, 0.25) is 0 Å². The Bertz CT molecular complexity index is 797. The van der Waals surface area contributed by atoms with E-state index in [1.807, 2.05) is 13.8 Å². The molecular weight excluding hydrogens is 362 g/mol. The average Bonchev–Trinajstić information content (AvgIpc) is 2.99. The highest BCUT2D eigenvalue weighted by atomic mass is 32.2. The number of morpholine rings is 1. The molecule has 1 aromatic rings. The van der Waals surface area contributed by atoms with Crippen molar-refractivity contribution in [1.29, 1.82) is 0 Å². The van der Waals surface area contributed by atoms with Gasteiger partial charge in [-0.2, -0.15) is 4.31 Å². The molecule has 1 aromatic carbocycles. The number of hydrogen-bond donors (Lipinski definition) is 0. The summed E-state index contributed by atoms with van der Waals surface area (Å²) in [7, 11) is -3.77. The van der Waals surface area contributed by atoms with Gasteiger partial charge in [0.2, 0.25) is 16.1 Å². The Morgan fingerprint density at radius 2 is 1.92 bits per heavy atom. The summed E-state index contributed by atoms with van der Waals surface area (Å²) in [6.07, 6.45) is -1.07. The van der Waals surface area contributed by atoms with E-state index in [1.54, 1.807) is 0 Å². The number of ether oxygens (including phenoxy) is 3. The number of carbonyl (C=O) groups is 2. The normalized spacial score (nSPS) is 27.2. The van der Waals surface area contributed by atoms with Gasteiger partial charge < -0.3 is 14.2 Å². The van der Waals surface area contributed by atoms with Crippen LogP contribution in [-0.2, 0) is 29.0 Å². The van der Waals surface area contributed by atoms with Crippen LogP contribution in [0.25, 0.3) is 0 Å². The predicted molar refractivity (Wildman–Crippen MR) is 90.0 cm³/mol. The molecule has 9 heteroatoms. The summed E-state index contributed by atoms with van der Waals surface area (Å²) in [5, 5.41) is 0. The van der Waals surface area contributed by atoms with Crippen molar-refractivity contribution in [2.24, 2.45) is 0 Å². The van der Waals surface area contributed by atoms with Crippen LogP contribution in [0.15, 0.2) is 29.2 Å². The van der Waals surface area contributed by atoms with E-state index in [2.05, 4.69) is 0 Å². The number of cyclic esters (lactones) is 1. The summed E-state index contributed by atoms with van der Waals surface area (Å²) in [5.74, 6) is -1.34. The van der Waals surface area contributed by atoms with Crippen LogP contribution >= 0.6 is 0 Å². The molecular formula is C17H21NO7S. The summed E-state index contributed by atoms with van der Waals surface area (Å²) in [6.45, 7) is 4.32. The van der Waals surface area contributed by atoms with Crippen molar-refractivity contribution < 1.29 is 32.2 Å². The summed E-state index contributed by atoms with van der Waals surface area (Å²) in [4.78, 5) is 23.7. The largest absolute Gasteiger partial charge is 0.463 e. The van der Waals surface area contributed by atoms with Gasteiger partial charge in [-0.3, -0.25) is 0 Å². The lowest BCUT2D eigenvalue weighted by Crippen LogP contribution is -2.48. The smallest absolute Gasteiger partial charge is 0.347 e. The monoisotopic (exact) mass is 383 g/mol. The average molecular weight is 383 g/mol. The zero-order valence-corrected chi connectivity index (χ0v) is 15.4. The van der Waals surface area contributed by atoms with Crippen LogP contribution in [0.1, 0.15) is 30.6 Å².